The summed E-state index contributed by atoms with van der Waals surface area (Å²) in [4.78, 5) is 25.2. The molecule has 0 spiro atoms. The second-order valence-electron chi connectivity index (χ2n) is 5.55. The lowest BCUT2D eigenvalue weighted by Gasteiger charge is -2.34. The first-order chi connectivity index (χ1) is 9.11. The minimum atomic E-state index is -0.763. The third-order valence-electron chi connectivity index (χ3n) is 4.22. The van der Waals surface area contributed by atoms with Gasteiger partial charge in [-0.2, -0.15) is 0 Å². The topological polar surface area (TPSA) is 66.8 Å². The predicted molar refractivity (Wildman–Crippen MR) is 69.7 cm³/mol. The molecule has 1 saturated carbocycles. The van der Waals surface area contributed by atoms with Crippen LogP contribution in [0.1, 0.15) is 39.0 Å². The van der Waals surface area contributed by atoms with Gasteiger partial charge in [-0.05, 0) is 39.0 Å². The molecule has 3 atom stereocenters. The van der Waals surface area contributed by atoms with Crippen molar-refractivity contribution in [2.75, 3.05) is 19.7 Å². The van der Waals surface area contributed by atoms with Crippen molar-refractivity contribution in [1.82, 2.24) is 4.90 Å². The van der Waals surface area contributed by atoms with Crippen LogP contribution >= 0.6 is 0 Å². The number of hydrogen-bond acceptors (Lipinski definition) is 3. The van der Waals surface area contributed by atoms with Gasteiger partial charge in [-0.25, -0.2) is 0 Å². The summed E-state index contributed by atoms with van der Waals surface area (Å²) in [5.74, 6) is -1.06. The number of aliphatic carboxylic acids is 1. The monoisotopic (exact) mass is 269 g/mol. The van der Waals surface area contributed by atoms with Gasteiger partial charge in [0, 0.05) is 25.6 Å². The smallest absolute Gasteiger partial charge is 0.306 e. The molecule has 1 aliphatic heterocycles. The Morgan fingerprint density at radius 3 is 2.63 bits per heavy atom. The molecule has 2 fully saturated rings. The largest absolute Gasteiger partial charge is 0.481 e. The fraction of sp³-hybridized carbons (Fsp3) is 0.857. The summed E-state index contributed by atoms with van der Waals surface area (Å²) in [6.45, 7) is 4.10. The van der Waals surface area contributed by atoms with Gasteiger partial charge >= 0.3 is 5.97 Å². The summed E-state index contributed by atoms with van der Waals surface area (Å²) >= 11 is 0. The van der Waals surface area contributed by atoms with Gasteiger partial charge in [0.1, 0.15) is 0 Å². The van der Waals surface area contributed by atoms with Crippen LogP contribution in [0, 0.1) is 11.8 Å². The molecule has 0 aromatic rings. The van der Waals surface area contributed by atoms with E-state index in [1.54, 1.807) is 0 Å². The Morgan fingerprint density at radius 1 is 1.26 bits per heavy atom. The van der Waals surface area contributed by atoms with E-state index in [1.165, 1.54) is 0 Å². The van der Waals surface area contributed by atoms with Crippen molar-refractivity contribution < 1.29 is 19.4 Å². The Labute approximate surface area is 113 Å². The summed E-state index contributed by atoms with van der Waals surface area (Å²) < 4.78 is 5.60. The number of carboxylic acid groups (broad SMARTS) is 1. The third kappa shape index (κ3) is 3.47. The lowest BCUT2D eigenvalue weighted by atomic mass is 10.0. The minimum Gasteiger partial charge on any atom is -0.481 e. The van der Waals surface area contributed by atoms with E-state index in [4.69, 9.17) is 9.84 Å². The van der Waals surface area contributed by atoms with Gasteiger partial charge in [0.2, 0.25) is 5.91 Å². The second-order valence-corrected chi connectivity index (χ2v) is 5.55. The molecule has 3 unspecified atom stereocenters. The van der Waals surface area contributed by atoms with E-state index in [1.807, 2.05) is 11.8 Å². The fourth-order valence-corrected chi connectivity index (χ4v) is 3.20. The summed E-state index contributed by atoms with van der Waals surface area (Å²) in [6.07, 6.45) is 4.00. The van der Waals surface area contributed by atoms with Gasteiger partial charge < -0.3 is 14.7 Å². The fourth-order valence-electron chi connectivity index (χ4n) is 3.20. The number of rotatable bonds is 4. The summed E-state index contributed by atoms with van der Waals surface area (Å²) in [7, 11) is 0. The first-order valence-corrected chi connectivity index (χ1v) is 7.25. The first kappa shape index (κ1) is 14.3. The molecule has 108 valence electrons. The molecule has 0 aromatic heterocycles. The Morgan fingerprint density at radius 2 is 2.00 bits per heavy atom. The SMILES string of the molecule is CCOC1CCCN(C(=O)C2CCC(C(=O)O)C2)C1. The van der Waals surface area contributed by atoms with E-state index in [-0.39, 0.29) is 23.8 Å². The third-order valence-corrected chi connectivity index (χ3v) is 4.22. The van der Waals surface area contributed by atoms with Crippen molar-refractivity contribution in [1.29, 1.82) is 0 Å². The number of amides is 1. The lowest BCUT2D eigenvalue weighted by molar-refractivity contribution is -0.142. The zero-order valence-electron chi connectivity index (χ0n) is 11.5. The maximum absolute atomic E-state index is 12.4. The highest BCUT2D eigenvalue weighted by Gasteiger charge is 2.37. The van der Waals surface area contributed by atoms with Crippen molar-refractivity contribution in [3.05, 3.63) is 0 Å². The summed E-state index contributed by atoms with van der Waals surface area (Å²) in [5, 5.41) is 8.99. The van der Waals surface area contributed by atoms with Crippen LogP contribution in [0.4, 0.5) is 0 Å². The standard InChI is InChI=1S/C14H23NO4/c1-2-19-12-4-3-7-15(9-12)13(16)10-5-6-11(8-10)14(17)18/h10-12H,2-9H2,1H3,(H,17,18). The summed E-state index contributed by atoms with van der Waals surface area (Å²) in [5.41, 5.74) is 0. The number of hydrogen-bond donors (Lipinski definition) is 1. The van der Waals surface area contributed by atoms with Crippen molar-refractivity contribution in [2.24, 2.45) is 11.8 Å². The number of ether oxygens (including phenoxy) is 1. The highest BCUT2D eigenvalue weighted by molar-refractivity contribution is 5.81. The van der Waals surface area contributed by atoms with Gasteiger partial charge in [-0.1, -0.05) is 0 Å². The van der Waals surface area contributed by atoms with E-state index in [9.17, 15) is 9.59 Å². The van der Waals surface area contributed by atoms with Gasteiger partial charge in [0.15, 0.2) is 0 Å². The molecule has 5 heteroatoms. The Bertz CT molecular complexity index is 342. The molecule has 2 rings (SSSR count). The van der Waals surface area contributed by atoms with E-state index in [0.29, 0.717) is 32.4 Å². The average Bonchev–Trinajstić information content (AvgIpc) is 2.88. The van der Waals surface area contributed by atoms with Crippen LogP contribution in [0.5, 0.6) is 0 Å². The zero-order chi connectivity index (χ0) is 13.8. The molecule has 1 N–H and O–H groups in total. The molecular formula is C14H23NO4. The van der Waals surface area contributed by atoms with E-state index >= 15 is 0 Å². The highest BCUT2D eigenvalue weighted by atomic mass is 16.5. The summed E-state index contributed by atoms with van der Waals surface area (Å²) in [6, 6.07) is 0. The molecule has 0 aromatic carbocycles. The van der Waals surface area contributed by atoms with Gasteiger partial charge in [0.05, 0.1) is 12.0 Å². The number of nitrogens with zero attached hydrogens (tertiary/aromatic N) is 1. The molecule has 2 aliphatic rings. The van der Waals surface area contributed by atoms with Crippen LogP contribution < -0.4 is 0 Å². The van der Waals surface area contributed by atoms with E-state index in [2.05, 4.69) is 0 Å². The average molecular weight is 269 g/mol. The van der Waals surface area contributed by atoms with Gasteiger partial charge in [-0.15, -0.1) is 0 Å². The van der Waals surface area contributed by atoms with Crippen LogP contribution in [-0.2, 0) is 14.3 Å². The molecule has 1 saturated heterocycles. The number of likely N-dealkylation sites (tertiary alicyclic amines) is 1. The quantitative estimate of drug-likeness (QED) is 0.840. The van der Waals surface area contributed by atoms with Crippen molar-refractivity contribution >= 4 is 11.9 Å². The van der Waals surface area contributed by atoms with E-state index < -0.39 is 5.97 Å². The van der Waals surface area contributed by atoms with Crippen molar-refractivity contribution in [2.45, 2.75) is 45.1 Å². The molecule has 1 aliphatic carbocycles. The van der Waals surface area contributed by atoms with Crippen molar-refractivity contribution in [3.63, 3.8) is 0 Å². The van der Waals surface area contributed by atoms with Crippen LogP contribution in [0.25, 0.3) is 0 Å². The number of carbonyl (C=O) groups is 2. The van der Waals surface area contributed by atoms with Gasteiger partial charge in [0.25, 0.3) is 0 Å². The van der Waals surface area contributed by atoms with Crippen LogP contribution in [-0.4, -0.2) is 47.7 Å². The molecule has 0 radical (unpaired) electrons. The van der Waals surface area contributed by atoms with Crippen molar-refractivity contribution in [3.8, 4) is 0 Å². The lowest BCUT2D eigenvalue weighted by Crippen LogP contribution is -2.45. The van der Waals surface area contributed by atoms with Crippen LogP contribution in [0.2, 0.25) is 0 Å². The zero-order valence-corrected chi connectivity index (χ0v) is 11.5. The predicted octanol–water partition coefficient (Wildman–Crippen LogP) is 1.51. The highest BCUT2D eigenvalue weighted by Crippen LogP contribution is 2.33. The maximum atomic E-state index is 12.4. The van der Waals surface area contributed by atoms with E-state index in [0.717, 1.165) is 19.4 Å². The maximum Gasteiger partial charge on any atom is 0.306 e. The number of piperidine rings is 1. The van der Waals surface area contributed by atoms with Crippen LogP contribution in [0.3, 0.4) is 0 Å². The Hall–Kier alpha value is -1.10. The Balaban J connectivity index is 1.87. The normalized spacial score (nSPS) is 31.4. The molecule has 1 amide bonds. The Kier molecular flexibility index (Phi) is 4.80. The number of carbonyl (C=O) groups excluding carboxylic acids is 1. The molecule has 5 nitrogen and oxygen atoms in total. The minimum absolute atomic E-state index is 0.0959. The van der Waals surface area contributed by atoms with Crippen LogP contribution in [0.15, 0.2) is 0 Å². The number of carboxylic acids is 1. The second kappa shape index (κ2) is 6.37. The molecule has 19 heavy (non-hydrogen) atoms. The molecule has 0 bridgehead atoms. The molecular weight excluding hydrogens is 246 g/mol. The molecule has 1 heterocycles. The van der Waals surface area contributed by atoms with Gasteiger partial charge in [-0.3, -0.25) is 9.59 Å². The first-order valence-electron chi connectivity index (χ1n) is 7.25.